The lowest BCUT2D eigenvalue weighted by atomic mass is 9.96. The Morgan fingerprint density at radius 2 is 1.68 bits per heavy atom. The van der Waals surface area contributed by atoms with Crippen molar-refractivity contribution in [1.82, 2.24) is 10.2 Å². The van der Waals surface area contributed by atoms with Gasteiger partial charge in [-0.15, -0.1) is 0 Å². The Balaban J connectivity index is 2.03. The fraction of sp³-hybridized carbons (Fsp3) is 0.947. The molecule has 1 atom stereocenters. The maximum Gasteiger partial charge on any atom is 0.241 e. The van der Waals surface area contributed by atoms with Gasteiger partial charge in [0.2, 0.25) is 5.91 Å². The molecular weight excluding hydrogens is 336 g/mol. The van der Waals surface area contributed by atoms with Gasteiger partial charge in [-0.1, -0.05) is 40.0 Å². The molecule has 2 rings (SSSR count). The number of carbonyl (C=O) groups excluding carboxylic acids is 1. The first-order valence-corrected chi connectivity index (χ1v) is 11.7. The van der Waals surface area contributed by atoms with Crippen LogP contribution in [0.2, 0.25) is 0 Å². The van der Waals surface area contributed by atoms with Crippen molar-refractivity contribution in [2.45, 2.75) is 76.2 Å². The van der Waals surface area contributed by atoms with E-state index in [1.807, 2.05) is 18.7 Å². The SMILES string of the molecule is CCNCC1CCN(C(=O)[C@H](C(C)C)S(=O)(=O)C2CCCCC2)CC1. The minimum atomic E-state index is -3.40. The number of piperidine rings is 1. The number of sulfone groups is 1. The van der Waals surface area contributed by atoms with Crippen molar-refractivity contribution in [3.63, 3.8) is 0 Å². The van der Waals surface area contributed by atoms with E-state index in [4.69, 9.17) is 0 Å². The number of nitrogens with zero attached hydrogens (tertiary/aromatic N) is 1. The number of hydrogen-bond donors (Lipinski definition) is 1. The Bertz CT molecular complexity index is 519. The molecule has 0 aromatic heterocycles. The van der Waals surface area contributed by atoms with Crippen molar-refractivity contribution in [2.24, 2.45) is 11.8 Å². The molecule has 0 radical (unpaired) electrons. The summed E-state index contributed by atoms with van der Waals surface area (Å²) in [4.78, 5) is 14.9. The van der Waals surface area contributed by atoms with Gasteiger partial charge in [0.25, 0.3) is 0 Å². The molecule has 0 bridgehead atoms. The highest BCUT2D eigenvalue weighted by atomic mass is 32.2. The molecule has 2 fully saturated rings. The molecule has 6 heteroatoms. The van der Waals surface area contributed by atoms with Crippen molar-refractivity contribution in [3.8, 4) is 0 Å². The smallest absolute Gasteiger partial charge is 0.241 e. The number of likely N-dealkylation sites (tertiary alicyclic amines) is 1. The minimum absolute atomic E-state index is 0.150. The van der Waals surface area contributed by atoms with Crippen LogP contribution in [0.5, 0.6) is 0 Å². The highest BCUT2D eigenvalue weighted by Gasteiger charge is 2.43. The maximum absolute atomic E-state index is 13.2. The normalized spacial score (nSPS) is 22.3. The largest absolute Gasteiger partial charge is 0.342 e. The van der Waals surface area contributed by atoms with Gasteiger partial charge in [0.1, 0.15) is 5.25 Å². The highest BCUT2D eigenvalue weighted by Crippen LogP contribution is 2.30. The Labute approximate surface area is 153 Å². The average molecular weight is 373 g/mol. The third-order valence-corrected chi connectivity index (χ3v) is 8.68. The van der Waals surface area contributed by atoms with Gasteiger partial charge in [0.15, 0.2) is 9.84 Å². The first kappa shape index (κ1) is 20.7. The van der Waals surface area contributed by atoms with Crippen LogP contribution >= 0.6 is 0 Å². The van der Waals surface area contributed by atoms with Gasteiger partial charge in [-0.05, 0) is 50.6 Å². The summed E-state index contributed by atoms with van der Waals surface area (Å²) in [5, 5.41) is 2.19. The van der Waals surface area contributed by atoms with Crippen LogP contribution in [0.3, 0.4) is 0 Å². The molecule has 1 saturated carbocycles. The molecule has 2 aliphatic rings. The molecule has 1 amide bonds. The zero-order valence-corrected chi connectivity index (χ0v) is 17.0. The summed E-state index contributed by atoms with van der Waals surface area (Å²) < 4.78 is 26.3. The number of nitrogens with one attached hydrogen (secondary N) is 1. The van der Waals surface area contributed by atoms with Crippen LogP contribution in [0.4, 0.5) is 0 Å². The third-order valence-electron chi connectivity index (χ3n) is 5.83. The average Bonchev–Trinajstić information content (AvgIpc) is 2.60. The van der Waals surface area contributed by atoms with E-state index < -0.39 is 15.1 Å². The fourth-order valence-corrected chi connectivity index (χ4v) is 6.89. The first-order valence-electron chi connectivity index (χ1n) is 10.1. The summed E-state index contributed by atoms with van der Waals surface area (Å²) in [7, 11) is -3.40. The number of rotatable bonds is 7. The van der Waals surface area contributed by atoms with E-state index in [0.717, 1.165) is 58.0 Å². The summed E-state index contributed by atoms with van der Waals surface area (Å²) in [6, 6.07) is 0. The molecular formula is C19H36N2O3S. The van der Waals surface area contributed by atoms with Crippen LogP contribution in [0, 0.1) is 11.8 Å². The van der Waals surface area contributed by atoms with Crippen LogP contribution in [0.1, 0.15) is 65.7 Å². The summed E-state index contributed by atoms with van der Waals surface area (Å²) in [5.41, 5.74) is 0. The van der Waals surface area contributed by atoms with Crippen molar-refractivity contribution < 1.29 is 13.2 Å². The highest BCUT2D eigenvalue weighted by molar-refractivity contribution is 7.93. The van der Waals surface area contributed by atoms with Crippen LogP contribution in [-0.2, 0) is 14.6 Å². The summed E-state index contributed by atoms with van der Waals surface area (Å²) in [6.07, 6.45) is 6.44. The minimum Gasteiger partial charge on any atom is -0.342 e. The van der Waals surface area contributed by atoms with Crippen molar-refractivity contribution in [3.05, 3.63) is 0 Å². The second kappa shape index (κ2) is 9.36. The fourth-order valence-electron chi connectivity index (χ4n) is 4.29. The van der Waals surface area contributed by atoms with Gasteiger partial charge in [-0.2, -0.15) is 0 Å². The molecule has 25 heavy (non-hydrogen) atoms. The topological polar surface area (TPSA) is 66.5 Å². The van der Waals surface area contributed by atoms with Gasteiger partial charge in [0, 0.05) is 13.1 Å². The van der Waals surface area contributed by atoms with Crippen molar-refractivity contribution in [1.29, 1.82) is 0 Å². The second-order valence-corrected chi connectivity index (χ2v) is 10.4. The van der Waals surface area contributed by atoms with Crippen molar-refractivity contribution in [2.75, 3.05) is 26.2 Å². The van der Waals surface area contributed by atoms with Crippen molar-refractivity contribution >= 4 is 15.7 Å². The van der Waals surface area contributed by atoms with Gasteiger partial charge in [0.05, 0.1) is 5.25 Å². The monoisotopic (exact) mass is 372 g/mol. The lowest BCUT2D eigenvalue weighted by Crippen LogP contribution is -2.51. The summed E-state index contributed by atoms with van der Waals surface area (Å²) >= 11 is 0. The molecule has 0 spiro atoms. The van der Waals surface area contributed by atoms with Gasteiger partial charge >= 0.3 is 0 Å². The van der Waals surface area contributed by atoms with E-state index in [1.165, 1.54) is 0 Å². The number of carbonyl (C=O) groups is 1. The summed E-state index contributed by atoms with van der Waals surface area (Å²) in [6.45, 7) is 9.20. The molecule has 0 aromatic carbocycles. The zero-order valence-electron chi connectivity index (χ0n) is 16.2. The molecule has 1 N–H and O–H groups in total. The maximum atomic E-state index is 13.2. The Kier molecular flexibility index (Phi) is 7.74. The zero-order chi connectivity index (χ0) is 18.4. The van der Waals surface area contributed by atoms with Gasteiger partial charge in [-0.3, -0.25) is 4.79 Å². The van der Waals surface area contributed by atoms with Crippen LogP contribution < -0.4 is 5.32 Å². The standard InChI is InChI=1S/C19H36N2O3S/c1-4-20-14-16-10-12-21(13-11-16)19(22)18(15(2)3)25(23,24)17-8-6-5-7-9-17/h15-18,20H,4-14H2,1-3H3/t18-/m0/s1. The molecule has 1 aliphatic heterocycles. The Hall–Kier alpha value is -0.620. The Morgan fingerprint density at radius 1 is 1.08 bits per heavy atom. The molecule has 0 aromatic rings. The summed E-state index contributed by atoms with van der Waals surface area (Å²) in [5.74, 6) is 0.276. The lowest BCUT2D eigenvalue weighted by Gasteiger charge is -2.36. The van der Waals surface area contributed by atoms with E-state index in [9.17, 15) is 13.2 Å². The molecule has 1 aliphatic carbocycles. The second-order valence-electron chi connectivity index (χ2n) is 8.09. The lowest BCUT2D eigenvalue weighted by molar-refractivity contribution is -0.132. The molecule has 146 valence electrons. The van der Waals surface area contributed by atoms with E-state index in [1.54, 1.807) is 0 Å². The van der Waals surface area contributed by atoms with Gasteiger partial charge in [-0.25, -0.2) is 8.42 Å². The van der Waals surface area contributed by atoms with Gasteiger partial charge < -0.3 is 10.2 Å². The van der Waals surface area contributed by atoms with Crippen LogP contribution in [-0.4, -0.2) is 55.9 Å². The van der Waals surface area contributed by atoms with Crippen LogP contribution in [0.15, 0.2) is 0 Å². The van der Waals surface area contributed by atoms with E-state index in [2.05, 4.69) is 12.2 Å². The third kappa shape index (κ3) is 5.19. The molecule has 1 heterocycles. The predicted molar refractivity (Wildman–Crippen MR) is 102 cm³/mol. The van der Waals surface area contributed by atoms with E-state index >= 15 is 0 Å². The number of hydrogen-bond acceptors (Lipinski definition) is 4. The number of amides is 1. The van der Waals surface area contributed by atoms with Crippen LogP contribution in [0.25, 0.3) is 0 Å². The van der Waals surface area contributed by atoms with E-state index in [0.29, 0.717) is 19.0 Å². The molecule has 1 saturated heterocycles. The van der Waals surface area contributed by atoms with E-state index in [-0.39, 0.29) is 17.1 Å². The first-order chi connectivity index (χ1) is 11.9. The predicted octanol–water partition coefficient (Wildman–Crippen LogP) is 2.61. The molecule has 5 nitrogen and oxygen atoms in total. The Morgan fingerprint density at radius 3 is 2.20 bits per heavy atom. The molecule has 0 unspecified atom stereocenters. The quantitative estimate of drug-likeness (QED) is 0.746.